The van der Waals surface area contributed by atoms with Gasteiger partial charge in [-0.25, -0.2) is 0 Å². The Morgan fingerprint density at radius 1 is 0.465 bits per heavy atom. The quantitative estimate of drug-likeness (QED) is 0.0342. The van der Waals surface area contributed by atoms with Gasteiger partial charge in [-0.05, 0) is 125 Å². The molecule has 7 amide bonds. The maximum atomic E-state index is 15.1. The van der Waals surface area contributed by atoms with E-state index in [-0.39, 0.29) is 78.6 Å². The summed E-state index contributed by atoms with van der Waals surface area (Å²) in [5.74, 6) is -2.95. The molecule has 9 N–H and O–H groups in total. The van der Waals surface area contributed by atoms with Crippen molar-refractivity contribution in [2.24, 2.45) is 11.8 Å². The molecule has 4 fully saturated rings. The minimum Gasteiger partial charge on any atom is -0.377 e. The van der Waals surface area contributed by atoms with Crippen LogP contribution in [-0.4, -0.2) is 138 Å². The molecule has 1 unspecified atom stereocenters. The normalized spacial score (nSPS) is 21.0. The zero-order valence-electron chi connectivity index (χ0n) is 50.0. The van der Waals surface area contributed by atoms with E-state index in [1.54, 1.807) is 50.2 Å². The Bertz CT molecular complexity index is 2980. The van der Waals surface area contributed by atoms with Crippen LogP contribution in [0.2, 0.25) is 0 Å². The van der Waals surface area contributed by atoms with E-state index in [1.165, 1.54) is 4.90 Å². The fraction of sp³-hybridized carbons (Fsp3) is 0.456. The number of nitrogens with one attached hydrogen (secondary N) is 8. The van der Waals surface area contributed by atoms with Gasteiger partial charge in [0.05, 0.1) is 24.2 Å². The maximum Gasteiger partial charge on any atom is 0.251 e. The summed E-state index contributed by atoms with van der Waals surface area (Å²) < 4.78 is 0. The lowest BCUT2D eigenvalue weighted by atomic mass is 9.83. The molecule has 2 saturated heterocycles. The van der Waals surface area contributed by atoms with Gasteiger partial charge in [-0.3, -0.25) is 38.9 Å². The molecule has 18 nitrogen and oxygen atoms in total. The van der Waals surface area contributed by atoms with Crippen molar-refractivity contribution in [1.29, 1.82) is 0 Å². The Balaban J connectivity index is 0.926. The zero-order chi connectivity index (χ0) is 60.7. The average Bonchev–Trinajstić information content (AvgIpc) is 2.33. The van der Waals surface area contributed by atoms with Crippen LogP contribution in [0.25, 0.3) is 0 Å². The molecule has 18 heteroatoms. The van der Waals surface area contributed by atoms with E-state index in [2.05, 4.69) is 42.5 Å². The van der Waals surface area contributed by atoms with Crippen LogP contribution in [-0.2, 0) is 24.0 Å². The summed E-state index contributed by atoms with van der Waals surface area (Å²) in [6.07, 6.45) is 8.03. The van der Waals surface area contributed by atoms with Crippen LogP contribution in [0.15, 0.2) is 146 Å². The van der Waals surface area contributed by atoms with Gasteiger partial charge in [-0.1, -0.05) is 160 Å². The van der Waals surface area contributed by atoms with Gasteiger partial charge in [0, 0.05) is 42.3 Å². The molecule has 9 atom stereocenters. The number of hydrogen-bond acceptors (Lipinski definition) is 11. The smallest absolute Gasteiger partial charge is 0.251 e. The Labute approximate surface area is 505 Å². The Kier molecular flexibility index (Phi) is 21.9. The number of likely N-dealkylation sites (tertiary alicyclic amines) is 2. The highest BCUT2D eigenvalue weighted by atomic mass is 16.3. The maximum absolute atomic E-state index is 15.1. The second-order valence-electron chi connectivity index (χ2n) is 23.9. The van der Waals surface area contributed by atoms with Crippen LogP contribution in [0, 0.1) is 11.8 Å². The number of carbonyl (C=O) groups is 7. The molecular weight excluding hydrogens is 1080 g/mol. The minimum atomic E-state index is -1.05. The Morgan fingerprint density at radius 3 is 1.19 bits per heavy atom. The number of likely N-dealkylation sites (N-methyl/N-ethyl adjacent to an activating group) is 2. The van der Waals surface area contributed by atoms with Gasteiger partial charge in [0.15, 0.2) is 0 Å². The molecule has 0 radical (unpaired) electrons. The lowest BCUT2D eigenvalue weighted by Crippen LogP contribution is -2.59. The van der Waals surface area contributed by atoms with Crippen LogP contribution in [0.4, 0.5) is 0 Å². The van der Waals surface area contributed by atoms with E-state index in [0.717, 1.165) is 86.5 Å². The fourth-order valence-corrected chi connectivity index (χ4v) is 12.9. The number of amides is 7. The predicted molar refractivity (Wildman–Crippen MR) is 330 cm³/mol. The van der Waals surface area contributed by atoms with E-state index in [1.807, 2.05) is 128 Å². The molecule has 0 bridgehead atoms. The largest absolute Gasteiger partial charge is 0.377 e. The van der Waals surface area contributed by atoms with Crippen molar-refractivity contribution in [3.63, 3.8) is 0 Å². The third-order valence-corrected chi connectivity index (χ3v) is 18.1. The summed E-state index contributed by atoms with van der Waals surface area (Å²) in [6, 6.07) is 37.7. The first-order valence-corrected chi connectivity index (χ1v) is 30.9. The number of hydrogen-bond donors (Lipinski definition) is 9. The SMILES string of the molecule is CN[C@@H](C)C(=O)N[C@H](C(=O)N1C[C@@H](NC(=O)c2ccc(C(=O)N[C@H]3C[C@@H](C(=O)NC(c4ccccc4)c4ccccc4)N(C(=O)[C@@H](NC(O)[C@H](C)NC)C4CCCCC4)C3)cc2)C[C@H]1C(=O)NC(c1ccccc1)c1ccccc1)C1CCCCC1. The molecule has 86 heavy (non-hydrogen) atoms. The summed E-state index contributed by atoms with van der Waals surface area (Å²) in [5, 5.41) is 36.3. The van der Waals surface area contributed by atoms with Crippen LogP contribution in [0.1, 0.15) is 146 Å². The number of rotatable bonds is 23. The first-order valence-electron chi connectivity index (χ1n) is 30.9. The number of aliphatic hydroxyl groups is 1. The summed E-state index contributed by atoms with van der Waals surface area (Å²) in [5.41, 5.74) is 3.91. The number of nitrogens with zero attached hydrogens (tertiary/aromatic N) is 2. The van der Waals surface area contributed by atoms with Gasteiger partial charge in [-0.2, -0.15) is 0 Å². The van der Waals surface area contributed by atoms with E-state index in [4.69, 9.17) is 0 Å². The van der Waals surface area contributed by atoms with Gasteiger partial charge < -0.3 is 52.1 Å². The van der Waals surface area contributed by atoms with Crippen molar-refractivity contribution in [2.45, 2.75) is 158 Å². The summed E-state index contributed by atoms with van der Waals surface area (Å²) in [4.78, 5) is 105. The van der Waals surface area contributed by atoms with Crippen molar-refractivity contribution in [2.75, 3.05) is 27.2 Å². The van der Waals surface area contributed by atoms with Crippen molar-refractivity contribution in [3.05, 3.63) is 179 Å². The molecule has 5 aromatic carbocycles. The monoisotopic (exact) mass is 1170 g/mol. The Morgan fingerprint density at radius 2 is 0.826 bits per heavy atom. The van der Waals surface area contributed by atoms with Gasteiger partial charge in [0.1, 0.15) is 24.4 Å². The topological polar surface area (TPSA) is 242 Å². The molecule has 0 spiro atoms. The molecule has 0 aromatic heterocycles. The molecule has 2 aliphatic heterocycles. The van der Waals surface area contributed by atoms with E-state index >= 15 is 9.59 Å². The number of benzene rings is 5. The predicted octanol–water partition coefficient (Wildman–Crippen LogP) is 6.03. The highest BCUT2D eigenvalue weighted by Crippen LogP contribution is 2.33. The number of aliphatic hydroxyl groups excluding tert-OH is 1. The summed E-state index contributed by atoms with van der Waals surface area (Å²) in [7, 11) is 3.42. The van der Waals surface area contributed by atoms with E-state index in [9.17, 15) is 29.1 Å². The highest BCUT2D eigenvalue weighted by Gasteiger charge is 2.47. The molecule has 456 valence electrons. The molecule has 9 rings (SSSR count). The Hall–Kier alpha value is -7.77. The van der Waals surface area contributed by atoms with Gasteiger partial charge in [0.25, 0.3) is 11.8 Å². The van der Waals surface area contributed by atoms with Gasteiger partial charge >= 0.3 is 0 Å². The zero-order valence-corrected chi connectivity index (χ0v) is 50.0. The highest BCUT2D eigenvalue weighted by molar-refractivity contribution is 5.99. The minimum absolute atomic E-state index is 0.0113. The summed E-state index contributed by atoms with van der Waals surface area (Å²) in [6.45, 7) is 3.60. The second-order valence-corrected chi connectivity index (χ2v) is 23.9. The summed E-state index contributed by atoms with van der Waals surface area (Å²) >= 11 is 0. The second kappa shape index (κ2) is 30.0. The molecule has 2 heterocycles. The first kappa shape index (κ1) is 62.8. The molecular formula is C68H86N10O8. The van der Waals surface area contributed by atoms with Crippen LogP contribution in [0.3, 0.4) is 0 Å². The van der Waals surface area contributed by atoms with E-state index < -0.39 is 78.3 Å². The lowest BCUT2D eigenvalue weighted by Gasteiger charge is -2.37. The van der Waals surface area contributed by atoms with Crippen molar-refractivity contribution >= 4 is 41.4 Å². The lowest BCUT2D eigenvalue weighted by molar-refractivity contribution is -0.143. The molecule has 2 saturated carbocycles. The van der Waals surface area contributed by atoms with Crippen LogP contribution < -0.4 is 42.5 Å². The van der Waals surface area contributed by atoms with Crippen LogP contribution in [0.5, 0.6) is 0 Å². The fourth-order valence-electron chi connectivity index (χ4n) is 12.9. The van der Waals surface area contributed by atoms with Gasteiger partial charge in [-0.15, -0.1) is 0 Å². The third-order valence-electron chi connectivity index (χ3n) is 18.1. The van der Waals surface area contributed by atoms with Crippen molar-refractivity contribution in [1.82, 2.24) is 52.3 Å². The standard InChI is InChI=1S/C68H86N10O8/c1-43(69-3)61(79)75-59(49-31-19-9-20-32-49)67(85)77-41-53(39-55(77)65(83)73-57(45-23-11-5-12-24-45)46-25-13-6-14-26-46)71-63(81)51-35-37-52(38-36-51)64(82)72-54-40-56(66(84)74-58(47-27-15-7-16-28-47)48-29-17-8-18-30-48)78(42-54)68(86)60(50-33-21-10-22-34-50)76-62(80)44(2)70-4/h5-8,11-18,23-30,35-38,43-44,49-50,53-61,69-70,75,79H,9-10,19-22,31-34,39-42H2,1-4H3,(H,71,81)(H,72,82)(H,73,83)(H,74,84)(H,76,80)/t43-,44-,53-,54-,55-,56-,59-,60-,61?/m0/s1. The third kappa shape index (κ3) is 15.6. The van der Waals surface area contributed by atoms with Crippen LogP contribution >= 0.6 is 0 Å². The van der Waals surface area contributed by atoms with Gasteiger partial charge in [0.2, 0.25) is 29.5 Å². The average molecular weight is 1170 g/mol. The number of carbonyl (C=O) groups excluding carboxylic acids is 7. The molecule has 5 aromatic rings. The first-order chi connectivity index (χ1) is 41.7. The van der Waals surface area contributed by atoms with Crippen molar-refractivity contribution < 1.29 is 38.7 Å². The van der Waals surface area contributed by atoms with E-state index in [0.29, 0.717) is 0 Å². The molecule has 4 aliphatic rings. The van der Waals surface area contributed by atoms with Crippen molar-refractivity contribution in [3.8, 4) is 0 Å². The molecule has 2 aliphatic carbocycles.